The van der Waals surface area contributed by atoms with E-state index < -0.39 is 0 Å². The molecule has 2 aromatic rings. The minimum atomic E-state index is -0.0173. The van der Waals surface area contributed by atoms with E-state index in [1.54, 1.807) is 23.7 Å². The predicted octanol–water partition coefficient (Wildman–Crippen LogP) is 0.919. The van der Waals surface area contributed by atoms with Crippen molar-refractivity contribution >= 4 is 17.2 Å². The van der Waals surface area contributed by atoms with Gasteiger partial charge in [0.15, 0.2) is 0 Å². The zero-order chi connectivity index (χ0) is 15.9. The zero-order valence-electron chi connectivity index (χ0n) is 12.9. The number of aryl methyl sites for hydroxylation is 1. The highest BCUT2D eigenvalue weighted by molar-refractivity contribution is 7.09. The summed E-state index contributed by atoms with van der Waals surface area (Å²) in [5.74, 6) is 0.0604. The Morgan fingerprint density at radius 1 is 1.48 bits per heavy atom. The lowest BCUT2D eigenvalue weighted by atomic mass is 10.2. The smallest absolute Gasteiger partial charge is 0.234 e. The van der Waals surface area contributed by atoms with Gasteiger partial charge in [0, 0.05) is 50.1 Å². The molecule has 1 aliphatic heterocycles. The molecule has 0 bridgehead atoms. The van der Waals surface area contributed by atoms with Crippen molar-refractivity contribution in [3.05, 3.63) is 35.0 Å². The Kier molecular flexibility index (Phi) is 5.73. The molecule has 3 heterocycles. The minimum Gasteiger partial charge on any atom is -0.368 e. The van der Waals surface area contributed by atoms with E-state index in [0.29, 0.717) is 26.2 Å². The Balaban J connectivity index is 1.36. The SMILES string of the molecule is O=C(CN1CCOC(c2nccs2)C1)NCCCn1cccn1. The molecule has 0 radical (unpaired) electrons. The number of nitrogens with one attached hydrogen (secondary N) is 1. The number of carbonyl (C=O) groups excluding carboxylic acids is 1. The normalized spacial score (nSPS) is 18.9. The molecule has 2 aromatic heterocycles. The highest BCUT2D eigenvalue weighted by atomic mass is 32.1. The van der Waals surface area contributed by atoms with Crippen molar-refractivity contribution in [2.75, 3.05) is 32.8 Å². The van der Waals surface area contributed by atoms with Crippen molar-refractivity contribution in [1.29, 1.82) is 0 Å². The third kappa shape index (κ3) is 4.85. The molecule has 7 nitrogen and oxygen atoms in total. The van der Waals surface area contributed by atoms with Gasteiger partial charge in [0.25, 0.3) is 0 Å². The first-order valence-electron chi connectivity index (χ1n) is 7.79. The molecule has 124 valence electrons. The van der Waals surface area contributed by atoms with Crippen LogP contribution in [0, 0.1) is 0 Å². The summed E-state index contributed by atoms with van der Waals surface area (Å²) in [6, 6.07) is 1.90. The van der Waals surface area contributed by atoms with Gasteiger partial charge in [0.05, 0.1) is 13.2 Å². The highest BCUT2D eigenvalue weighted by Crippen LogP contribution is 2.23. The van der Waals surface area contributed by atoms with E-state index in [2.05, 4.69) is 20.3 Å². The van der Waals surface area contributed by atoms with E-state index in [0.717, 1.165) is 24.5 Å². The summed E-state index contributed by atoms with van der Waals surface area (Å²) >= 11 is 1.59. The van der Waals surface area contributed by atoms with Crippen molar-refractivity contribution in [2.45, 2.75) is 19.1 Å². The number of amides is 1. The van der Waals surface area contributed by atoms with Crippen LogP contribution in [0.2, 0.25) is 0 Å². The monoisotopic (exact) mass is 335 g/mol. The molecule has 1 unspecified atom stereocenters. The van der Waals surface area contributed by atoms with Gasteiger partial charge in [-0.1, -0.05) is 0 Å². The van der Waals surface area contributed by atoms with E-state index in [1.165, 1.54) is 0 Å². The zero-order valence-corrected chi connectivity index (χ0v) is 13.7. The average molecular weight is 335 g/mol. The largest absolute Gasteiger partial charge is 0.368 e. The van der Waals surface area contributed by atoms with Crippen molar-refractivity contribution in [3.63, 3.8) is 0 Å². The number of morpholine rings is 1. The van der Waals surface area contributed by atoms with Crippen LogP contribution in [0.1, 0.15) is 17.5 Å². The van der Waals surface area contributed by atoms with Crippen molar-refractivity contribution in [3.8, 4) is 0 Å². The number of hydrogen-bond donors (Lipinski definition) is 1. The van der Waals surface area contributed by atoms with Crippen LogP contribution in [-0.4, -0.2) is 58.4 Å². The number of aromatic nitrogens is 3. The molecule has 0 aliphatic carbocycles. The van der Waals surface area contributed by atoms with Crippen LogP contribution in [0.3, 0.4) is 0 Å². The molecule has 1 fully saturated rings. The molecule has 3 rings (SSSR count). The van der Waals surface area contributed by atoms with Crippen molar-refractivity contribution < 1.29 is 9.53 Å². The molecule has 1 N–H and O–H groups in total. The molecule has 0 aromatic carbocycles. The summed E-state index contributed by atoms with van der Waals surface area (Å²) < 4.78 is 7.61. The Morgan fingerprint density at radius 2 is 2.43 bits per heavy atom. The second-order valence-corrected chi connectivity index (χ2v) is 6.36. The summed E-state index contributed by atoms with van der Waals surface area (Å²) in [6.07, 6.45) is 6.33. The summed E-state index contributed by atoms with van der Waals surface area (Å²) in [4.78, 5) is 18.5. The van der Waals surface area contributed by atoms with Gasteiger partial charge in [0.1, 0.15) is 11.1 Å². The number of carbonyl (C=O) groups is 1. The molecular formula is C15H21N5O2S. The minimum absolute atomic E-state index is 0.0173. The summed E-state index contributed by atoms with van der Waals surface area (Å²) in [7, 11) is 0. The maximum atomic E-state index is 12.0. The van der Waals surface area contributed by atoms with E-state index in [9.17, 15) is 4.79 Å². The van der Waals surface area contributed by atoms with Gasteiger partial charge in [-0.15, -0.1) is 11.3 Å². The van der Waals surface area contributed by atoms with Gasteiger partial charge < -0.3 is 10.1 Å². The Bertz CT molecular complexity index is 587. The number of thiazole rings is 1. The molecular weight excluding hydrogens is 314 g/mol. The summed E-state index contributed by atoms with van der Waals surface area (Å²) in [6.45, 7) is 4.02. The maximum absolute atomic E-state index is 12.0. The van der Waals surface area contributed by atoms with Crippen LogP contribution < -0.4 is 5.32 Å². The van der Waals surface area contributed by atoms with E-state index in [1.807, 2.05) is 22.3 Å². The van der Waals surface area contributed by atoms with Gasteiger partial charge in [-0.25, -0.2) is 4.98 Å². The Labute approximate surface area is 139 Å². The lowest BCUT2D eigenvalue weighted by Crippen LogP contribution is -2.44. The van der Waals surface area contributed by atoms with Crippen LogP contribution in [0.4, 0.5) is 0 Å². The van der Waals surface area contributed by atoms with Crippen molar-refractivity contribution in [1.82, 2.24) is 25.0 Å². The fraction of sp³-hybridized carbons (Fsp3) is 0.533. The Hall–Kier alpha value is -1.77. The summed E-state index contributed by atoms with van der Waals surface area (Å²) in [5, 5.41) is 10.0. The van der Waals surface area contributed by atoms with Gasteiger partial charge in [-0.3, -0.25) is 14.4 Å². The molecule has 1 saturated heterocycles. The van der Waals surface area contributed by atoms with E-state index in [4.69, 9.17) is 4.74 Å². The van der Waals surface area contributed by atoms with Crippen LogP contribution in [0.5, 0.6) is 0 Å². The lowest BCUT2D eigenvalue weighted by molar-refractivity contribution is -0.124. The average Bonchev–Trinajstić information content (AvgIpc) is 3.25. The van der Waals surface area contributed by atoms with Gasteiger partial charge in [-0.05, 0) is 12.5 Å². The fourth-order valence-corrected chi connectivity index (χ4v) is 3.23. The molecule has 0 saturated carbocycles. The van der Waals surface area contributed by atoms with Gasteiger partial charge in [-0.2, -0.15) is 5.10 Å². The maximum Gasteiger partial charge on any atom is 0.234 e. The second kappa shape index (κ2) is 8.19. The van der Waals surface area contributed by atoms with Crippen LogP contribution in [-0.2, 0) is 16.1 Å². The first kappa shape index (κ1) is 16.1. The molecule has 8 heteroatoms. The molecule has 23 heavy (non-hydrogen) atoms. The third-order valence-electron chi connectivity index (χ3n) is 3.69. The van der Waals surface area contributed by atoms with Gasteiger partial charge >= 0.3 is 0 Å². The van der Waals surface area contributed by atoms with Crippen LogP contribution in [0.15, 0.2) is 30.0 Å². The quantitative estimate of drug-likeness (QED) is 0.762. The molecule has 0 spiro atoms. The molecule has 1 amide bonds. The standard InChI is InChI=1S/C15H21N5O2S/c21-14(16-3-1-6-20-7-2-4-18-20)12-19-8-9-22-13(11-19)15-17-5-10-23-15/h2,4-5,7,10,13H,1,3,6,8-9,11-12H2,(H,16,21). The third-order valence-corrected chi connectivity index (χ3v) is 4.56. The topological polar surface area (TPSA) is 72.3 Å². The number of nitrogens with zero attached hydrogens (tertiary/aromatic N) is 4. The molecule has 1 atom stereocenters. The first-order valence-corrected chi connectivity index (χ1v) is 8.67. The molecule has 1 aliphatic rings. The van der Waals surface area contributed by atoms with Crippen LogP contribution in [0.25, 0.3) is 0 Å². The summed E-state index contributed by atoms with van der Waals surface area (Å²) in [5.41, 5.74) is 0. The highest BCUT2D eigenvalue weighted by Gasteiger charge is 2.24. The number of hydrogen-bond acceptors (Lipinski definition) is 6. The number of ether oxygens (including phenoxy) is 1. The van der Waals surface area contributed by atoms with Crippen LogP contribution >= 0.6 is 11.3 Å². The van der Waals surface area contributed by atoms with E-state index >= 15 is 0 Å². The fourth-order valence-electron chi connectivity index (χ4n) is 2.55. The number of rotatable bonds is 7. The Morgan fingerprint density at radius 3 is 3.22 bits per heavy atom. The first-order chi connectivity index (χ1) is 11.3. The van der Waals surface area contributed by atoms with Crippen molar-refractivity contribution in [2.24, 2.45) is 0 Å². The predicted molar refractivity (Wildman–Crippen MR) is 87.1 cm³/mol. The lowest BCUT2D eigenvalue weighted by Gasteiger charge is -2.31. The second-order valence-electron chi connectivity index (χ2n) is 5.44. The van der Waals surface area contributed by atoms with E-state index in [-0.39, 0.29) is 12.0 Å². The van der Waals surface area contributed by atoms with Gasteiger partial charge in [0.2, 0.25) is 5.91 Å².